The summed E-state index contributed by atoms with van der Waals surface area (Å²) in [7, 11) is 0. The minimum atomic E-state index is -1.83. The number of rotatable bonds is 6. The highest BCUT2D eigenvalue weighted by Gasteiger charge is 2.58. The molecular formula is C15H24O8. The van der Waals surface area contributed by atoms with Crippen LogP contribution in [-0.4, -0.2) is 39.9 Å². The van der Waals surface area contributed by atoms with Crippen molar-refractivity contribution in [3.05, 3.63) is 0 Å². The highest BCUT2D eigenvalue weighted by Crippen LogP contribution is 2.48. The molecule has 0 radical (unpaired) electrons. The molecule has 8 heteroatoms. The van der Waals surface area contributed by atoms with Crippen LogP contribution in [0.5, 0.6) is 0 Å². The molecule has 8 nitrogen and oxygen atoms in total. The van der Waals surface area contributed by atoms with Gasteiger partial charge in [0.05, 0.1) is 0 Å². The van der Waals surface area contributed by atoms with Gasteiger partial charge in [-0.1, -0.05) is 41.5 Å². The van der Waals surface area contributed by atoms with E-state index in [0.29, 0.717) is 0 Å². The number of ether oxygens (including phenoxy) is 2. The second-order valence-electron chi connectivity index (χ2n) is 7.21. The minimum Gasteiger partial charge on any atom is -0.481 e. The molecule has 2 N–H and O–H groups in total. The molecule has 0 unspecified atom stereocenters. The highest BCUT2D eigenvalue weighted by molar-refractivity contribution is 5.91. The van der Waals surface area contributed by atoms with Crippen molar-refractivity contribution in [2.45, 2.75) is 60.2 Å². The molecule has 0 amide bonds. The quantitative estimate of drug-likeness (QED) is 0.428. The van der Waals surface area contributed by atoms with E-state index >= 15 is 0 Å². The molecule has 0 saturated heterocycles. The van der Waals surface area contributed by atoms with Gasteiger partial charge in [-0.25, -0.2) is 0 Å². The van der Waals surface area contributed by atoms with Crippen LogP contribution in [0.3, 0.4) is 0 Å². The molecule has 0 heterocycles. The largest absolute Gasteiger partial charge is 0.481 e. The topological polar surface area (TPSA) is 127 Å². The summed E-state index contributed by atoms with van der Waals surface area (Å²) >= 11 is 0. The molecule has 0 fully saturated rings. The summed E-state index contributed by atoms with van der Waals surface area (Å²) in [6.07, 6.45) is -1.80. The molecule has 0 saturated carbocycles. The number of carbonyl (C=O) groups excluding carboxylic acids is 2. The first-order valence-electron chi connectivity index (χ1n) is 6.99. The minimum absolute atomic E-state index is 0.898. The van der Waals surface area contributed by atoms with Crippen LogP contribution in [0.1, 0.15) is 54.4 Å². The van der Waals surface area contributed by atoms with Gasteiger partial charge in [0.1, 0.15) is 12.8 Å². The zero-order valence-electron chi connectivity index (χ0n) is 14.3. The van der Waals surface area contributed by atoms with Gasteiger partial charge < -0.3 is 19.7 Å². The number of carbonyl (C=O) groups is 4. The summed E-state index contributed by atoms with van der Waals surface area (Å²) in [6, 6.07) is 0. The van der Waals surface area contributed by atoms with Gasteiger partial charge in [0.25, 0.3) is 5.79 Å². The maximum absolute atomic E-state index is 11.9. The summed E-state index contributed by atoms with van der Waals surface area (Å²) in [5.41, 5.74) is -1.87. The molecule has 23 heavy (non-hydrogen) atoms. The molecular weight excluding hydrogens is 308 g/mol. The Bertz CT molecular complexity index is 447. The van der Waals surface area contributed by atoms with Crippen LogP contribution in [0.2, 0.25) is 0 Å². The third-order valence-electron chi connectivity index (χ3n) is 3.08. The van der Waals surface area contributed by atoms with Gasteiger partial charge in [0.2, 0.25) is 0 Å². The monoisotopic (exact) mass is 332 g/mol. The Balaban J connectivity index is 5.81. The van der Waals surface area contributed by atoms with Crippen LogP contribution in [-0.2, 0) is 28.7 Å². The Labute approximate surface area is 134 Å². The lowest BCUT2D eigenvalue weighted by molar-refractivity contribution is -0.305. The van der Waals surface area contributed by atoms with Crippen molar-refractivity contribution in [1.29, 1.82) is 0 Å². The van der Waals surface area contributed by atoms with Crippen molar-refractivity contribution in [3.63, 3.8) is 0 Å². The molecule has 0 aromatic carbocycles. The fourth-order valence-corrected chi connectivity index (χ4v) is 2.40. The number of hydrogen-bond acceptors (Lipinski definition) is 6. The van der Waals surface area contributed by atoms with Gasteiger partial charge in [0.15, 0.2) is 0 Å². The predicted molar refractivity (Wildman–Crippen MR) is 78.3 cm³/mol. The second kappa shape index (κ2) is 6.97. The Morgan fingerprint density at radius 3 is 1.13 bits per heavy atom. The fourth-order valence-electron chi connectivity index (χ4n) is 2.40. The molecule has 0 aromatic heterocycles. The normalized spacial score (nSPS) is 12.4. The molecule has 132 valence electrons. The van der Waals surface area contributed by atoms with Crippen molar-refractivity contribution in [2.24, 2.45) is 10.8 Å². The third-order valence-corrected chi connectivity index (χ3v) is 3.08. The van der Waals surface area contributed by atoms with E-state index in [4.69, 9.17) is 19.7 Å². The van der Waals surface area contributed by atoms with E-state index < -0.39 is 53.3 Å². The number of carboxylic acid groups (broad SMARTS) is 2. The number of hydrogen-bond donors (Lipinski definition) is 2. The van der Waals surface area contributed by atoms with Crippen molar-refractivity contribution in [1.82, 2.24) is 0 Å². The maximum atomic E-state index is 11.9. The SMILES string of the molecule is CC(C)(C)C(OC(=O)CC(=O)O)(OC(=O)CC(=O)O)C(C)(C)C. The predicted octanol–water partition coefficient (Wildman–Crippen LogP) is 1.81. The molecule has 0 aliphatic carbocycles. The van der Waals surface area contributed by atoms with E-state index in [2.05, 4.69) is 0 Å². The lowest BCUT2D eigenvalue weighted by Crippen LogP contribution is -2.59. The Kier molecular flexibility index (Phi) is 6.33. The Morgan fingerprint density at radius 2 is 0.957 bits per heavy atom. The average molecular weight is 332 g/mol. The molecule has 0 bridgehead atoms. The van der Waals surface area contributed by atoms with Crippen LogP contribution in [0, 0.1) is 10.8 Å². The molecule has 0 spiro atoms. The first-order chi connectivity index (χ1) is 10.1. The summed E-state index contributed by atoms with van der Waals surface area (Å²) in [5, 5.41) is 17.4. The van der Waals surface area contributed by atoms with Gasteiger partial charge in [-0.2, -0.15) is 0 Å². The molecule has 0 aromatic rings. The zero-order valence-corrected chi connectivity index (χ0v) is 14.3. The smallest absolute Gasteiger partial charge is 0.320 e. The van der Waals surface area contributed by atoms with E-state index in [1.54, 1.807) is 41.5 Å². The van der Waals surface area contributed by atoms with E-state index in [1.807, 2.05) is 0 Å². The van der Waals surface area contributed by atoms with Gasteiger partial charge in [-0.3, -0.25) is 19.2 Å². The van der Waals surface area contributed by atoms with E-state index in [9.17, 15) is 19.2 Å². The second-order valence-corrected chi connectivity index (χ2v) is 7.21. The average Bonchev–Trinajstić information content (AvgIpc) is 2.21. The van der Waals surface area contributed by atoms with Gasteiger partial charge in [-0.15, -0.1) is 0 Å². The summed E-state index contributed by atoms with van der Waals surface area (Å²) < 4.78 is 10.5. The van der Waals surface area contributed by atoms with Gasteiger partial charge in [0, 0.05) is 10.8 Å². The lowest BCUT2D eigenvalue weighted by Gasteiger charge is -2.50. The Hall–Kier alpha value is -2.12. The zero-order chi connectivity index (χ0) is 18.6. The first-order valence-corrected chi connectivity index (χ1v) is 6.99. The number of esters is 2. The van der Waals surface area contributed by atoms with E-state index in [1.165, 1.54) is 0 Å². The Morgan fingerprint density at radius 1 is 0.696 bits per heavy atom. The van der Waals surface area contributed by atoms with E-state index in [-0.39, 0.29) is 0 Å². The molecule has 0 rings (SSSR count). The van der Waals surface area contributed by atoms with Crippen LogP contribution in [0.25, 0.3) is 0 Å². The summed E-state index contributed by atoms with van der Waals surface area (Å²) in [4.78, 5) is 45.1. The lowest BCUT2D eigenvalue weighted by atomic mass is 9.70. The van der Waals surface area contributed by atoms with Crippen molar-refractivity contribution in [2.75, 3.05) is 0 Å². The van der Waals surface area contributed by atoms with Crippen LogP contribution in [0.4, 0.5) is 0 Å². The van der Waals surface area contributed by atoms with Crippen molar-refractivity contribution < 1.29 is 38.9 Å². The summed E-state index contributed by atoms with van der Waals surface area (Å²) in [6.45, 7) is 9.84. The molecule has 0 atom stereocenters. The van der Waals surface area contributed by atoms with Crippen LogP contribution >= 0.6 is 0 Å². The standard InChI is InChI=1S/C15H24O8/c1-13(2,3)15(14(4,5)6,22-11(20)7-9(16)17)23-12(21)8-10(18)19/h7-8H2,1-6H3,(H,16,17)(H,18,19). The van der Waals surface area contributed by atoms with Gasteiger partial charge >= 0.3 is 23.9 Å². The van der Waals surface area contributed by atoms with Gasteiger partial charge in [-0.05, 0) is 0 Å². The number of aliphatic carboxylic acids is 2. The van der Waals surface area contributed by atoms with Crippen molar-refractivity contribution in [3.8, 4) is 0 Å². The fraction of sp³-hybridized carbons (Fsp3) is 0.733. The highest BCUT2D eigenvalue weighted by atomic mass is 16.7. The maximum Gasteiger partial charge on any atom is 0.320 e. The van der Waals surface area contributed by atoms with Crippen LogP contribution in [0.15, 0.2) is 0 Å². The molecule has 0 aliphatic rings. The first kappa shape index (κ1) is 20.9. The number of carboxylic acids is 2. The third kappa shape index (κ3) is 5.54. The molecule has 0 aliphatic heterocycles. The van der Waals surface area contributed by atoms with E-state index in [0.717, 1.165) is 0 Å². The van der Waals surface area contributed by atoms with Crippen LogP contribution < -0.4 is 0 Å². The summed E-state index contributed by atoms with van der Waals surface area (Å²) in [5.74, 6) is -6.76. The van der Waals surface area contributed by atoms with Crippen molar-refractivity contribution >= 4 is 23.9 Å².